The largest absolute Gasteiger partial charge is 0.303 e. The molecule has 2 aromatic carbocycles. The third kappa shape index (κ3) is 4.12. The van der Waals surface area contributed by atoms with Crippen molar-refractivity contribution in [2.75, 3.05) is 19.6 Å². The fourth-order valence-electron chi connectivity index (χ4n) is 3.86. The van der Waals surface area contributed by atoms with Gasteiger partial charge in [-0.05, 0) is 69.1 Å². The summed E-state index contributed by atoms with van der Waals surface area (Å²) in [6, 6.07) is 13.3. The van der Waals surface area contributed by atoms with Crippen LogP contribution in [-0.4, -0.2) is 38.2 Å². The normalized spacial score (nSPS) is 19.5. The van der Waals surface area contributed by atoms with Gasteiger partial charge in [0.15, 0.2) is 9.84 Å². The predicted octanol–water partition coefficient (Wildman–Crippen LogP) is 4.76. The molecule has 2 aromatic rings. The maximum atomic E-state index is 13.3. The number of rotatable bonds is 6. The smallest absolute Gasteiger partial charge is 0.181 e. The molecule has 0 bridgehead atoms. The summed E-state index contributed by atoms with van der Waals surface area (Å²) in [7, 11) is -3.35. The number of hydrogen-bond acceptors (Lipinski definition) is 3. The summed E-state index contributed by atoms with van der Waals surface area (Å²) in [5.74, 6) is 0.965. The van der Waals surface area contributed by atoms with Crippen molar-refractivity contribution in [1.29, 1.82) is 0 Å². The van der Waals surface area contributed by atoms with Crippen molar-refractivity contribution < 1.29 is 8.42 Å². The van der Waals surface area contributed by atoms with Crippen LogP contribution in [0.1, 0.15) is 40.0 Å². The first-order valence-electron chi connectivity index (χ1n) is 9.83. The van der Waals surface area contributed by atoms with Crippen LogP contribution in [0.15, 0.2) is 47.4 Å². The molecular formula is C22H31NO2S. The van der Waals surface area contributed by atoms with E-state index in [4.69, 9.17) is 0 Å². The molecular weight excluding hydrogens is 342 g/mol. The minimum atomic E-state index is -3.35. The predicted molar refractivity (Wildman–Crippen MR) is 109 cm³/mol. The van der Waals surface area contributed by atoms with E-state index >= 15 is 0 Å². The highest BCUT2D eigenvalue weighted by atomic mass is 32.2. The van der Waals surface area contributed by atoms with Crippen molar-refractivity contribution in [3.63, 3.8) is 0 Å². The van der Waals surface area contributed by atoms with Gasteiger partial charge in [0.25, 0.3) is 0 Å². The van der Waals surface area contributed by atoms with Crippen LogP contribution < -0.4 is 0 Å². The van der Waals surface area contributed by atoms with E-state index in [-0.39, 0.29) is 11.2 Å². The highest BCUT2D eigenvalue weighted by Crippen LogP contribution is 2.29. The molecule has 2 atom stereocenters. The Morgan fingerprint density at radius 1 is 1.04 bits per heavy atom. The fraction of sp³-hybridized carbons (Fsp3) is 0.545. The van der Waals surface area contributed by atoms with Crippen LogP contribution in [0.2, 0.25) is 0 Å². The molecule has 3 nitrogen and oxygen atoms in total. The topological polar surface area (TPSA) is 37.4 Å². The first-order chi connectivity index (χ1) is 12.4. The standard InChI is InChI=1S/C22H31NO2S/c1-17-11-14-23(15-12-17)16-13-18(2)19(3)26(24,25)22-10-6-8-20-7-4-5-9-21(20)22/h4-10,17-19H,11-16H2,1-3H3/t18-,19?/m1/s1. The van der Waals surface area contributed by atoms with Gasteiger partial charge >= 0.3 is 0 Å². The van der Waals surface area contributed by atoms with Crippen LogP contribution in [0.5, 0.6) is 0 Å². The second-order valence-electron chi connectivity index (χ2n) is 8.02. The Kier molecular flexibility index (Phi) is 6.03. The molecule has 4 heteroatoms. The van der Waals surface area contributed by atoms with E-state index in [1.54, 1.807) is 6.07 Å². The van der Waals surface area contributed by atoms with Gasteiger partial charge < -0.3 is 4.90 Å². The Balaban J connectivity index is 1.72. The third-order valence-electron chi connectivity index (χ3n) is 6.12. The van der Waals surface area contributed by atoms with E-state index in [1.807, 2.05) is 43.3 Å². The van der Waals surface area contributed by atoms with Crippen LogP contribution in [0.3, 0.4) is 0 Å². The molecule has 1 aliphatic rings. The van der Waals surface area contributed by atoms with Crippen molar-refractivity contribution in [2.24, 2.45) is 11.8 Å². The van der Waals surface area contributed by atoms with Crippen molar-refractivity contribution in [1.82, 2.24) is 4.90 Å². The van der Waals surface area contributed by atoms with Gasteiger partial charge in [-0.2, -0.15) is 0 Å². The molecule has 1 saturated heterocycles. The SMILES string of the molecule is CC1CCN(CC[C@@H](C)C(C)S(=O)(=O)c2cccc3ccccc23)CC1. The molecule has 1 heterocycles. The average molecular weight is 374 g/mol. The minimum Gasteiger partial charge on any atom is -0.303 e. The molecule has 0 aromatic heterocycles. The molecule has 0 N–H and O–H groups in total. The minimum absolute atomic E-state index is 0.137. The van der Waals surface area contributed by atoms with E-state index in [2.05, 4.69) is 18.7 Å². The van der Waals surface area contributed by atoms with Gasteiger partial charge in [0.1, 0.15) is 0 Å². The Hall–Kier alpha value is -1.39. The summed E-state index contributed by atoms with van der Waals surface area (Å²) >= 11 is 0. The molecule has 0 radical (unpaired) electrons. The Bertz CT molecular complexity index is 833. The van der Waals surface area contributed by atoms with E-state index in [0.717, 1.165) is 42.7 Å². The van der Waals surface area contributed by atoms with Crippen LogP contribution >= 0.6 is 0 Å². The maximum absolute atomic E-state index is 13.3. The first kappa shape index (κ1) is 19.4. The van der Waals surface area contributed by atoms with Gasteiger partial charge in [0.05, 0.1) is 10.1 Å². The molecule has 142 valence electrons. The maximum Gasteiger partial charge on any atom is 0.181 e. The molecule has 0 saturated carbocycles. The van der Waals surface area contributed by atoms with Gasteiger partial charge in [0, 0.05) is 5.39 Å². The summed E-state index contributed by atoms with van der Waals surface area (Å²) in [6.45, 7) is 9.58. The van der Waals surface area contributed by atoms with Crippen LogP contribution in [-0.2, 0) is 9.84 Å². The number of likely N-dealkylation sites (tertiary alicyclic amines) is 1. The number of nitrogens with zero attached hydrogens (tertiary/aromatic N) is 1. The Morgan fingerprint density at radius 2 is 1.69 bits per heavy atom. The van der Waals surface area contributed by atoms with E-state index in [1.165, 1.54) is 12.8 Å². The second-order valence-corrected chi connectivity index (χ2v) is 10.3. The zero-order chi connectivity index (χ0) is 18.7. The Morgan fingerprint density at radius 3 is 2.42 bits per heavy atom. The number of benzene rings is 2. The summed E-state index contributed by atoms with van der Waals surface area (Å²) in [5.41, 5.74) is 0. The van der Waals surface area contributed by atoms with Crippen molar-refractivity contribution >= 4 is 20.6 Å². The first-order valence-corrected chi connectivity index (χ1v) is 11.4. The third-order valence-corrected chi connectivity index (χ3v) is 8.54. The van der Waals surface area contributed by atoms with Crippen LogP contribution in [0, 0.1) is 11.8 Å². The number of sulfone groups is 1. The van der Waals surface area contributed by atoms with Gasteiger partial charge in [0.2, 0.25) is 0 Å². The molecule has 3 rings (SSSR count). The molecule has 0 aliphatic carbocycles. The molecule has 0 spiro atoms. The monoisotopic (exact) mass is 373 g/mol. The van der Waals surface area contributed by atoms with E-state index < -0.39 is 9.84 Å². The fourth-order valence-corrected chi connectivity index (χ4v) is 5.77. The van der Waals surface area contributed by atoms with Gasteiger partial charge in [-0.15, -0.1) is 0 Å². The van der Waals surface area contributed by atoms with Crippen molar-refractivity contribution in [2.45, 2.75) is 50.2 Å². The van der Waals surface area contributed by atoms with E-state index in [0.29, 0.717) is 4.90 Å². The number of fused-ring (bicyclic) bond motifs is 1. The zero-order valence-electron chi connectivity index (χ0n) is 16.2. The molecule has 26 heavy (non-hydrogen) atoms. The lowest BCUT2D eigenvalue weighted by Gasteiger charge is -2.31. The van der Waals surface area contributed by atoms with Gasteiger partial charge in [-0.3, -0.25) is 0 Å². The zero-order valence-corrected chi connectivity index (χ0v) is 17.0. The van der Waals surface area contributed by atoms with Crippen LogP contribution in [0.25, 0.3) is 10.8 Å². The van der Waals surface area contributed by atoms with Crippen LogP contribution in [0.4, 0.5) is 0 Å². The molecule has 1 aliphatic heterocycles. The van der Waals surface area contributed by atoms with Crippen molar-refractivity contribution in [3.8, 4) is 0 Å². The average Bonchev–Trinajstić information content (AvgIpc) is 2.66. The van der Waals surface area contributed by atoms with Gasteiger partial charge in [-0.1, -0.05) is 50.2 Å². The highest BCUT2D eigenvalue weighted by molar-refractivity contribution is 7.92. The lowest BCUT2D eigenvalue weighted by Crippen LogP contribution is -2.35. The lowest BCUT2D eigenvalue weighted by molar-refractivity contribution is 0.182. The van der Waals surface area contributed by atoms with Gasteiger partial charge in [-0.25, -0.2) is 8.42 Å². The second kappa shape index (κ2) is 8.10. The van der Waals surface area contributed by atoms with E-state index in [9.17, 15) is 8.42 Å². The lowest BCUT2D eigenvalue weighted by atomic mass is 9.98. The Labute approximate surface area is 158 Å². The number of hydrogen-bond donors (Lipinski definition) is 0. The quantitative estimate of drug-likeness (QED) is 0.732. The highest BCUT2D eigenvalue weighted by Gasteiger charge is 2.30. The summed E-state index contributed by atoms with van der Waals surface area (Å²) in [5, 5.41) is 1.44. The molecule has 1 fully saturated rings. The molecule has 0 amide bonds. The summed E-state index contributed by atoms with van der Waals surface area (Å²) < 4.78 is 26.5. The molecule has 1 unspecified atom stereocenters. The summed E-state index contributed by atoms with van der Waals surface area (Å²) in [4.78, 5) is 2.97. The van der Waals surface area contributed by atoms with Crippen molar-refractivity contribution in [3.05, 3.63) is 42.5 Å². The number of piperidine rings is 1. The summed E-state index contributed by atoms with van der Waals surface area (Å²) in [6.07, 6.45) is 3.45.